The number of carbonyl (C=O) groups excluding carboxylic acids is 6. The predicted octanol–water partition coefficient (Wildman–Crippen LogP) is 1.64. The predicted molar refractivity (Wildman–Crippen MR) is 212 cm³/mol. The summed E-state index contributed by atoms with van der Waals surface area (Å²) < 4.78 is 17.1. The van der Waals surface area contributed by atoms with E-state index in [1.165, 1.54) is 20.8 Å². The maximum atomic E-state index is 14.0. The minimum Gasteiger partial charge on any atom is -0.480 e. The highest BCUT2D eigenvalue weighted by molar-refractivity contribution is 5.96. The number of nitrogens with two attached hydrogens (primary N) is 1. The van der Waals surface area contributed by atoms with Crippen LogP contribution in [0.5, 0.6) is 0 Å². The Bertz CT molecular complexity index is 1540. The van der Waals surface area contributed by atoms with Crippen LogP contribution in [0.4, 0.5) is 0 Å². The molecule has 0 heterocycles. The molecular formula is C40H66N6O11. The summed E-state index contributed by atoms with van der Waals surface area (Å²) in [5.74, 6) is -5.90. The zero-order chi connectivity index (χ0) is 44.1. The average molecular weight is 807 g/mol. The van der Waals surface area contributed by atoms with Gasteiger partial charge in [-0.3, -0.25) is 28.8 Å². The van der Waals surface area contributed by atoms with Crippen molar-refractivity contribution in [1.82, 2.24) is 26.6 Å². The number of rotatable bonds is 20. The molecule has 17 heteroatoms. The summed E-state index contributed by atoms with van der Waals surface area (Å²) >= 11 is 0. The topological polar surface area (TPSA) is 254 Å². The quantitative estimate of drug-likeness (QED) is 0.0929. The molecule has 6 atom stereocenters. The van der Waals surface area contributed by atoms with E-state index in [1.807, 2.05) is 0 Å². The van der Waals surface area contributed by atoms with Crippen molar-refractivity contribution in [1.29, 1.82) is 0 Å². The van der Waals surface area contributed by atoms with E-state index >= 15 is 0 Å². The van der Waals surface area contributed by atoms with Crippen LogP contribution in [0.25, 0.3) is 0 Å². The average Bonchev–Trinajstić information content (AvgIpc) is 3.03. The summed E-state index contributed by atoms with van der Waals surface area (Å²) in [4.78, 5) is 91.9. The van der Waals surface area contributed by atoms with Gasteiger partial charge in [0.25, 0.3) is 0 Å². The summed E-state index contributed by atoms with van der Waals surface area (Å²) in [5, 5.41) is 22.6. The van der Waals surface area contributed by atoms with Gasteiger partial charge in [-0.2, -0.15) is 0 Å². The van der Waals surface area contributed by atoms with Crippen LogP contribution in [0.3, 0.4) is 0 Å². The van der Waals surface area contributed by atoms with Gasteiger partial charge in [0.1, 0.15) is 23.7 Å². The van der Waals surface area contributed by atoms with Crippen molar-refractivity contribution < 1.29 is 52.9 Å². The van der Waals surface area contributed by atoms with Crippen molar-refractivity contribution in [2.75, 3.05) is 6.54 Å². The molecule has 0 saturated carbocycles. The maximum absolute atomic E-state index is 14.0. The second kappa shape index (κ2) is 21.2. The largest absolute Gasteiger partial charge is 0.480 e. The minimum absolute atomic E-state index is 0.0412. The number of benzene rings is 1. The molecule has 0 bridgehead atoms. The Labute approximate surface area is 336 Å². The molecule has 322 valence electrons. The standard InChI is InChI=1S/C40H66N6O11/c1-23(55-37(3,4)5)30(45-28(47)22-42-32(49)26(44-36(54)40(12,13)41)19-20-29(48)57-39(9,10)11)34(51)43-27(21-25-17-15-14-16-18-25)33(50)46-31(35(52)53)24(2)56-38(6,7)8/h14-18,23-24,26-27,30-31H,19-22,41H2,1-13H3,(H,42,49)(H,43,51)(H,44,54)(H,45,47)(H,46,50)(H,52,53)/t23-,24-,26+,27+,30+,31+/m1/s1. The smallest absolute Gasteiger partial charge is 0.328 e. The van der Waals surface area contributed by atoms with E-state index in [9.17, 15) is 38.7 Å². The van der Waals surface area contributed by atoms with Crippen LogP contribution in [0, 0.1) is 0 Å². The van der Waals surface area contributed by atoms with Crippen molar-refractivity contribution in [2.24, 2.45) is 5.73 Å². The molecule has 0 radical (unpaired) electrons. The second-order valence-electron chi connectivity index (χ2n) is 17.6. The Morgan fingerprint density at radius 2 is 1.19 bits per heavy atom. The van der Waals surface area contributed by atoms with E-state index in [2.05, 4.69) is 26.6 Å². The van der Waals surface area contributed by atoms with Gasteiger partial charge in [0, 0.05) is 12.8 Å². The molecule has 5 amide bonds. The molecule has 0 aliphatic carbocycles. The lowest BCUT2D eigenvalue weighted by Gasteiger charge is -2.32. The lowest BCUT2D eigenvalue weighted by atomic mass is 10.0. The van der Waals surface area contributed by atoms with Crippen molar-refractivity contribution in [2.45, 2.75) is 168 Å². The summed E-state index contributed by atoms with van der Waals surface area (Å²) in [5.41, 5.74) is 2.90. The van der Waals surface area contributed by atoms with Crippen LogP contribution in [0.1, 0.15) is 108 Å². The summed E-state index contributed by atoms with van der Waals surface area (Å²) in [6.07, 6.45) is -2.37. The molecule has 0 fully saturated rings. The van der Waals surface area contributed by atoms with Gasteiger partial charge in [0.2, 0.25) is 29.5 Å². The monoisotopic (exact) mass is 806 g/mol. The highest BCUT2D eigenvalue weighted by atomic mass is 16.6. The van der Waals surface area contributed by atoms with Gasteiger partial charge in [-0.15, -0.1) is 0 Å². The zero-order valence-corrected chi connectivity index (χ0v) is 35.8. The number of carbonyl (C=O) groups is 7. The molecule has 0 saturated heterocycles. The van der Waals surface area contributed by atoms with Gasteiger partial charge in [0.15, 0.2) is 6.04 Å². The number of nitrogens with one attached hydrogen (secondary N) is 5. The van der Waals surface area contributed by atoms with Gasteiger partial charge in [-0.05, 0) is 102 Å². The third kappa shape index (κ3) is 20.4. The fraction of sp³-hybridized carbons (Fsp3) is 0.675. The van der Waals surface area contributed by atoms with Crippen molar-refractivity contribution in [3.63, 3.8) is 0 Å². The van der Waals surface area contributed by atoms with Crippen LogP contribution >= 0.6 is 0 Å². The number of esters is 1. The van der Waals surface area contributed by atoms with Gasteiger partial charge in [0.05, 0.1) is 35.5 Å². The summed E-state index contributed by atoms with van der Waals surface area (Å²) in [6.45, 7) is 20.8. The highest BCUT2D eigenvalue weighted by Crippen LogP contribution is 2.16. The Kier molecular flexibility index (Phi) is 18.8. The first kappa shape index (κ1) is 50.4. The Morgan fingerprint density at radius 3 is 1.67 bits per heavy atom. The molecule has 0 spiro atoms. The van der Waals surface area contributed by atoms with Crippen LogP contribution in [-0.2, 0) is 54.2 Å². The third-order valence-corrected chi connectivity index (χ3v) is 7.78. The number of aliphatic carboxylic acids is 1. The molecule has 1 rings (SSSR count). The van der Waals surface area contributed by atoms with Gasteiger partial charge < -0.3 is 51.6 Å². The number of carboxylic acids is 1. The van der Waals surface area contributed by atoms with E-state index in [0.29, 0.717) is 5.56 Å². The molecule has 8 N–H and O–H groups in total. The van der Waals surface area contributed by atoms with Crippen molar-refractivity contribution >= 4 is 41.5 Å². The van der Waals surface area contributed by atoms with Gasteiger partial charge in [-0.1, -0.05) is 30.3 Å². The third-order valence-electron chi connectivity index (χ3n) is 7.78. The molecule has 0 aromatic heterocycles. The van der Waals surface area contributed by atoms with Crippen LogP contribution in [0.15, 0.2) is 30.3 Å². The molecule has 17 nitrogen and oxygen atoms in total. The first-order valence-electron chi connectivity index (χ1n) is 19.0. The Balaban J connectivity index is 3.34. The number of amides is 5. The number of hydrogen-bond donors (Lipinski definition) is 7. The highest BCUT2D eigenvalue weighted by Gasteiger charge is 2.37. The number of ether oxygens (including phenoxy) is 3. The SMILES string of the molecule is C[C@@H](OC(C)(C)C)[C@H](NC(=O)[C@H](Cc1ccccc1)NC(=O)[C@@H](NC(=O)CNC(=O)[C@H](CCC(=O)OC(C)(C)C)NC(=O)C(C)(C)N)[C@@H](C)OC(C)(C)C)C(=O)O. The van der Waals surface area contributed by atoms with E-state index in [4.69, 9.17) is 19.9 Å². The van der Waals surface area contributed by atoms with Crippen LogP contribution in [-0.4, -0.2) is 112 Å². The summed E-state index contributed by atoms with van der Waals surface area (Å²) in [6, 6.07) is 3.25. The first-order valence-corrected chi connectivity index (χ1v) is 19.0. The zero-order valence-electron chi connectivity index (χ0n) is 35.8. The maximum Gasteiger partial charge on any atom is 0.328 e. The molecule has 57 heavy (non-hydrogen) atoms. The Hall–Kier alpha value is -4.61. The lowest BCUT2D eigenvalue weighted by molar-refractivity contribution is -0.155. The van der Waals surface area contributed by atoms with Crippen LogP contribution < -0.4 is 32.3 Å². The van der Waals surface area contributed by atoms with Crippen molar-refractivity contribution in [3.05, 3.63) is 35.9 Å². The fourth-order valence-corrected chi connectivity index (χ4v) is 5.38. The fourth-order valence-electron chi connectivity index (χ4n) is 5.38. The van der Waals surface area contributed by atoms with Gasteiger partial charge >= 0.3 is 11.9 Å². The van der Waals surface area contributed by atoms with E-state index in [0.717, 1.165) is 0 Å². The van der Waals surface area contributed by atoms with E-state index < -0.39 is 107 Å². The lowest BCUT2D eigenvalue weighted by Crippen LogP contribution is -2.61. The summed E-state index contributed by atoms with van der Waals surface area (Å²) in [7, 11) is 0. The normalized spacial score (nSPS) is 15.4. The minimum atomic E-state index is -1.47. The van der Waals surface area contributed by atoms with Crippen LogP contribution in [0.2, 0.25) is 0 Å². The second-order valence-corrected chi connectivity index (χ2v) is 17.6. The molecule has 0 aliphatic rings. The van der Waals surface area contributed by atoms with E-state index in [-0.39, 0.29) is 19.3 Å². The van der Waals surface area contributed by atoms with Gasteiger partial charge in [-0.25, -0.2) is 4.79 Å². The first-order chi connectivity index (χ1) is 25.9. The number of hydrogen-bond acceptors (Lipinski definition) is 11. The molecular weight excluding hydrogens is 740 g/mol. The Morgan fingerprint density at radius 1 is 0.667 bits per heavy atom. The van der Waals surface area contributed by atoms with Crippen molar-refractivity contribution in [3.8, 4) is 0 Å². The molecule has 1 aromatic carbocycles. The molecule has 0 aliphatic heterocycles. The molecule has 0 unspecified atom stereocenters. The van der Waals surface area contributed by atoms with E-state index in [1.54, 1.807) is 99.6 Å². The number of carboxylic acid groups (broad SMARTS) is 1. The molecule has 1 aromatic rings.